The Morgan fingerprint density at radius 2 is 1.77 bits per heavy atom. The van der Waals surface area contributed by atoms with Gasteiger partial charge in [-0.2, -0.15) is 0 Å². The number of nitrogens with two attached hydrogens (primary N) is 1. The lowest BCUT2D eigenvalue weighted by Gasteiger charge is -2.29. The molecule has 0 unspecified atom stereocenters. The molecular weight excluding hydrogens is 426 g/mol. The molecule has 0 spiro atoms. The second-order valence-corrected chi connectivity index (χ2v) is 9.14. The molecule has 1 aliphatic heterocycles. The molecule has 4 rings (SSSR count). The van der Waals surface area contributed by atoms with Crippen molar-refractivity contribution < 1.29 is 21.9 Å². The minimum Gasteiger partial charge on any atom is -0.382 e. The standard InChI is InChI=1S/C21H20F2N4O3S/c22-16-2-1-14(19(23)11-16)13-31(28,29)18-10-15(20-3-4-21(24)26-25-20)9-17(12-18)27-5-7-30-8-6-27/h1-4,9-12H,5-8,13H2,(H2,24,26). The minimum absolute atomic E-state index is 0.00819. The van der Waals surface area contributed by atoms with E-state index >= 15 is 0 Å². The van der Waals surface area contributed by atoms with Crippen molar-refractivity contribution in [2.45, 2.75) is 10.6 Å². The Labute approximate surface area is 178 Å². The first-order valence-corrected chi connectivity index (χ1v) is 11.2. The lowest BCUT2D eigenvalue weighted by Crippen LogP contribution is -2.36. The first-order chi connectivity index (χ1) is 14.8. The fraction of sp³-hybridized carbons (Fsp3) is 0.238. The topological polar surface area (TPSA) is 98.4 Å². The van der Waals surface area contributed by atoms with E-state index in [9.17, 15) is 17.2 Å². The van der Waals surface area contributed by atoms with Gasteiger partial charge in [0, 0.05) is 36.0 Å². The van der Waals surface area contributed by atoms with Crippen molar-refractivity contribution in [1.82, 2.24) is 10.2 Å². The van der Waals surface area contributed by atoms with Crippen LogP contribution in [-0.4, -0.2) is 44.9 Å². The Kier molecular flexibility index (Phi) is 5.84. The molecule has 1 aliphatic rings. The molecular formula is C21H20F2N4O3S. The van der Waals surface area contributed by atoms with Crippen LogP contribution in [0.1, 0.15) is 5.56 Å². The molecule has 0 radical (unpaired) electrons. The van der Waals surface area contributed by atoms with Crippen LogP contribution in [0.2, 0.25) is 0 Å². The summed E-state index contributed by atoms with van der Waals surface area (Å²) in [5.74, 6) is -2.03. The van der Waals surface area contributed by atoms with Gasteiger partial charge in [-0.3, -0.25) is 0 Å². The number of sulfone groups is 1. The van der Waals surface area contributed by atoms with Gasteiger partial charge >= 0.3 is 0 Å². The smallest absolute Gasteiger partial charge is 0.182 e. The number of aromatic nitrogens is 2. The zero-order valence-electron chi connectivity index (χ0n) is 16.5. The zero-order valence-corrected chi connectivity index (χ0v) is 17.3. The van der Waals surface area contributed by atoms with Crippen LogP contribution in [0, 0.1) is 11.6 Å². The first kappa shape index (κ1) is 21.1. The molecule has 1 saturated heterocycles. The Balaban J connectivity index is 1.77. The molecule has 0 atom stereocenters. The van der Waals surface area contributed by atoms with Gasteiger partial charge in [-0.1, -0.05) is 6.07 Å². The summed E-state index contributed by atoms with van der Waals surface area (Å²) in [7, 11) is -3.94. The third kappa shape index (κ3) is 4.80. The average molecular weight is 446 g/mol. The number of nitrogens with zero attached hydrogens (tertiary/aromatic N) is 3. The molecule has 0 saturated carbocycles. The quantitative estimate of drug-likeness (QED) is 0.644. The Morgan fingerprint density at radius 1 is 1.00 bits per heavy atom. The van der Waals surface area contributed by atoms with E-state index in [1.54, 1.807) is 18.2 Å². The van der Waals surface area contributed by atoms with Crippen LogP contribution in [0.25, 0.3) is 11.3 Å². The maximum atomic E-state index is 14.1. The molecule has 1 fully saturated rings. The molecule has 162 valence electrons. The molecule has 7 nitrogen and oxygen atoms in total. The Hall–Kier alpha value is -3.11. The molecule has 31 heavy (non-hydrogen) atoms. The Morgan fingerprint density at radius 3 is 2.45 bits per heavy atom. The van der Waals surface area contributed by atoms with E-state index in [-0.39, 0.29) is 16.3 Å². The summed E-state index contributed by atoms with van der Waals surface area (Å²) in [6.07, 6.45) is 0. The summed E-state index contributed by atoms with van der Waals surface area (Å²) in [5.41, 5.74) is 7.17. The van der Waals surface area contributed by atoms with Gasteiger partial charge in [-0.05, 0) is 36.4 Å². The van der Waals surface area contributed by atoms with Crippen molar-refractivity contribution in [3.05, 3.63) is 65.7 Å². The highest BCUT2D eigenvalue weighted by molar-refractivity contribution is 7.90. The summed E-state index contributed by atoms with van der Waals surface area (Å²) >= 11 is 0. The number of hydrogen-bond acceptors (Lipinski definition) is 7. The lowest BCUT2D eigenvalue weighted by atomic mass is 10.1. The van der Waals surface area contributed by atoms with E-state index in [4.69, 9.17) is 10.5 Å². The maximum Gasteiger partial charge on any atom is 0.182 e. The summed E-state index contributed by atoms with van der Waals surface area (Å²) in [5, 5.41) is 7.89. The average Bonchev–Trinajstić information content (AvgIpc) is 2.76. The molecule has 0 aliphatic carbocycles. The second-order valence-electron chi connectivity index (χ2n) is 7.15. The molecule has 10 heteroatoms. The number of halogens is 2. The molecule has 0 amide bonds. The van der Waals surface area contributed by atoms with E-state index in [1.165, 1.54) is 6.07 Å². The van der Waals surface area contributed by atoms with Crippen LogP contribution in [0.5, 0.6) is 0 Å². The van der Waals surface area contributed by atoms with Gasteiger partial charge in [0.15, 0.2) is 9.84 Å². The van der Waals surface area contributed by atoms with Crippen molar-refractivity contribution in [2.75, 3.05) is 36.9 Å². The lowest BCUT2D eigenvalue weighted by molar-refractivity contribution is 0.122. The van der Waals surface area contributed by atoms with Crippen molar-refractivity contribution >= 4 is 21.3 Å². The van der Waals surface area contributed by atoms with Gasteiger partial charge < -0.3 is 15.4 Å². The van der Waals surface area contributed by atoms with E-state index in [1.807, 2.05) is 11.0 Å². The predicted molar refractivity (Wildman–Crippen MR) is 112 cm³/mol. The monoisotopic (exact) mass is 446 g/mol. The summed E-state index contributed by atoms with van der Waals surface area (Å²) in [6.45, 7) is 2.25. The highest BCUT2D eigenvalue weighted by atomic mass is 32.2. The molecule has 1 aromatic heterocycles. The summed E-state index contributed by atoms with van der Waals surface area (Å²) in [6, 6.07) is 10.9. The third-order valence-electron chi connectivity index (χ3n) is 4.97. The largest absolute Gasteiger partial charge is 0.382 e. The van der Waals surface area contributed by atoms with Crippen molar-refractivity contribution in [3.63, 3.8) is 0 Å². The number of rotatable bonds is 5. The van der Waals surface area contributed by atoms with Gasteiger partial charge in [-0.15, -0.1) is 10.2 Å². The van der Waals surface area contributed by atoms with Gasteiger partial charge in [0.2, 0.25) is 0 Å². The highest BCUT2D eigenvalue weighted by Gasteiger charge is 2.22. The van der Waals surface area contributed by atoms with E-state index < -0.39 is 27.2 Å². The number of hydrogen-bond donors (Lipinski definition) is 1. The van der Waals surface area contributed by atoms with E-state index in [0.29, 0.717) is 49.3 Å². The molecule has 2 N–H and O–H groups in total. The third-order valence-corrected chi connectivity index (χ3v) is 6.61. The molecule has 0 bridgehead atoms. The molecule has 2 aromatic carbocycles. The summed E-state index contributed by atoms with van der Waals surface area (Å²) < 4.78 is 59.0. The Bertz CT molecular complexity index is 1200. The fourth-order valence-corrected chi connectivity index (χ4v) is 4.76. The van der Waals surface area contributed by atoms with Crippen LogP contribution in [0.3, 0.4) is 0 Å². The minimum atomic E-state index is -3.94. The number of nitrogen functional groups attached to an aromatic ring is 1. The number of anilines is 2. The van der Waals surface area contributed by atoms with E-state index in [2.05, 4.69) is 10.2 Å². The first-order valence-electron chi connectivity index (χ1n) is 9.56. The normalized spacial score (nSPS) is 14.6. The van der Waals surface area contributed by atoms with Gasteiger partial charge in [-0.25, -0.2) is 17.2 Å². The van der Waals surface area contributed by atoms with E-state index in [0.717, 1.165) is 12.1 Å². The fourth-order valence-electron chi connectivity index (χ4n) is 3.34. The van der Waals surface area contributed by atoms with Gasteiger partial charge in [0.25, 0.3) is 0 Å². The van der Waals surface area contributed by atoms with Crippen LogP contribution >= 0.6 is 0 Å². The maximum absolute atomic E-state index is 14.1. The van der Waals surface area contributed by atoms with Crippen molar-refractivity contribution in [2.24, 2.45) is 0 Å². The number of morpholine rings is 1. The zero-order chi connectivity index (χ0) is 22.0. The SMILES string of the molecule is Nc1ccc(-c2cc(N3CCOCC3)cc(S(=O)(=O)Cc3ccc(F)cc3F)c2)nn1. The highest BCUT2D eigenvalue weighted by Crippen LogP contribution is 2.30. The van der Waals surface area contributed by atoms with Gasteiger partial charge in [0.1, 0.15) is 17.5 Å². The molecule has 2 heterocycles. The second kappa shape index (κ2) is 8.56. The van der Waals surface area contributed by atoms with Crippen LogP contribution in [0.4, 0.5) is 20.3 Å². The van der Waals surface area contributed by atoms with Crippen LogP contribution < -0.4 is 10.6 Å². The van der Waals surface area contributed by atoms with Crippen LogP contribution in [-0.2, 0) is 20.3 Å². The van der Waals surface area contributed by atoms with Crippen molar-refractivity contribution in [1.29, 1.82) is 0 Å². The van der Waals surface area contributed by atoms with Crippen LogP contribution in [0.15, 0.2) is 53.4 Å². The van der Waals surface area contributed by atoms with Crippen molar-refractivity contribution in [3.8, 4) is 11.3 Å². The van der Waals surface area contributed by atoms with Gasteiger partial charge in [0.05, 0.1) is 29.6 Å². The molecule has 3 aromatic rings. The predicted octanol–water partition coefficient (Wildman–Crippen LogP) is 2.81. The summed E-state index contributed by atoms with van der Waals surface area (Å²) in [4.78, 5) is 2.02. The number of ether oxygens (including phenoxy) is 1. The number of benzene rings is 2.